The molecule has 1 atom stereocenters. The minimum Gasteiger partial charge on any atom is -0.350 e. The second kappa shape index (κ2) is 4.60. The Hall–Kier alpha value is -0.570. The van der Waals surface area contributed by atoms with Crippen LogP contribution < -0.4 is 10.6 Å². The third-order valence-electron chi connectivity index (χ3n) is 4.49. The molecule has 17 heavy (non-hydrogen) atoms. The van der Waals surface area contributed by atoms with Crippen molar-refractivity contribution in [2.24, 2.45) is 11.3 Å². The van der Waals surface area contributed by atoms with E-state index in [-0.39, 0.29) is 16.9 Å². The molecule has 1 aliphatic heterocycles. The van der Waals surface area contributed by atoms with Gasteiger partial charge in [0.2, 0.25) is 5.91 Å². The maximum atomic E-state index is 12.6. The SMILES string of the molecule is CCCC1(C(=O)NC(C)(C)C2CC2)CCNC1. The molecule has 0 spiro atoms. The zero-order valence-corrected chi connectivity index (χ0v) is 11.4. The predicted molar refractivity (Wildman–Crippen MR) is 69.8 cm³/mol. The summed E-state index contributed by atoms with van der Waals surface area (Å²) >= 11 is 0. The molecular weight excluding hydrogens is 212 g/mol. The van der Waals surface area contributed by atoms with E-state index in [1.54, 1.807) is 0 Å². The van der Waals surface area contributed by atoms with Crippen LogP contribution in [0.4, 0.5) is 0 Å². The number of nitrogens with one attached hydrogen (secondary N) is 2. The van der Waals surface area contributed by atoms with Crippen LogP contribution in [0.15, 0.2) is 0 Å². The predicted octanol–water partition coefficient (Wildman–Crippen LogP) is 2.07. The van der Waals surface area contributed by atoms with Crippen LogP contribution >= 0.6 is 0 Å². The topological polar surface area (TPSA) is 41.1 Å². The molecule has 2 N–H and O–H groups in total. The number of rotatable bonds is 5. The molecule has 1 heterocycles. The maximum absolute atomic E-state index is 12.6. The van der Waals surface area contributed by atoms with Gasteiger partial charge in [0, 0.05) is 12.1 Å². The summed E-state index contributed by atoms with van der Waals surface area (Å²) in [6, 6.07) is 0. The molecule has 0 aromatic rings. The number of hydrogen-bond donors (Lipinski definition) is 2. The Morgan fingerprint density at radius 2 is 2.18 bits per heavy atom. The van der Waals surface area contributed by atoms with Gasteiger partial charge in [0.15, 0.2) is 0 Å². The van der Waals surface area contributed by atoms with Crippen molar-refractivity contribution in [3.63, 3.8) is 0 Å². The molecule has 1 saturated heterocycles. The van der Waals surface area contributed by atoms with Crippen LogP contribution in [0.5, 0.6) is 0 Å². The van der Waals surface area contributed by atoms with Gasteiger partial charge in [0.05, 0.1) is 5.41 Å². The van der Waals surface area contributed by atoms with Crippen molar-refractivity contribution in [2.75, 3.05) is 13.1 Å². The molecule has 0 aromatic carbocycles. The molecule has 1 amide bonds. The first-order valence-corrected chi connectivity index (χ1v) is 7.03. The first-order chi connectivity index (χ1) is 8.00. The van der Waals surface area contributed by atoms with E-state index in [0.29, 0.717) is 5.92 Å². The number of amides is 1. The smallest absolute Gasteiger partial charge is 0.227 e. The third kappa shape index (κ3) is 2.65. The molecule has 0 aromatic heterocycles. The van der Waals surface area contributed by atoms with Crippen molar-refractivity contribution in [1.82, 2.24) is 10.6 Å². The molecule has 0 bridgehead atoms. The average molecular weight is 238 g/mol. The van der Waals surface area contributed by atoms with E-state index in [2.05, 4.69) is 31.4 Å². The van der Waals surface area contributed by atoms with Gasteiger partial charge in [-0.2, -0.15) is 0 Å². The van der Waals surface area contributed by atoms with Crippen LogP contribution in [-0.4, -0.2) is 24.5 Å². The van der Waals surface area contributed by atoms with Gasteiger partial charge >= 0.3 is 0 Å². The molecule has 2 fully saturated rings. The second-order valence-electron chi connectivity index (χ2n) is 6.41. The Bertz CT molecular complexity index is 289. The summed E-state index contributed by atoms with van der Waals surface area (Å²) in [7, 11) is 0. The summed E-state index contributed by atoms with van der Waals surface area (Å²) < 4.78 is 0. The third-order valence-corrected chi connectivity index (χ3v) is 4.49. The van der Waals surface area contributed by atoms with E-state index in [0.717, 1.165) is 32.4 Å². The van der Waals surface area contributed by atoms with Gasteiger partial charge in [0.25, 0.3) is 0 Å². The summed E-state index contributed by atoms with van der Waals surface area (Å²) in [5.41, 5.74) is -0.151. The van der Waals surface area contributed by atoms with Crippen molar-refractivity contribution in [3.8, 4) is 0 Å². The normalized spacial score (nSPS) is 29.4. The summed E-state index contributed by atoms with van der Waals surface area (Å²) in [4.78, 5) is 12.6. The zero-order chi connectivity index (χ0) is 12.5. The number of carbonyl (C=O) groups is 1. The van der Waals surface area contributed by atoms with Crippen molar-refractivity contribution in [2.45, 2.75) is 58.4 Å². The molecular formula is C14H26N2O. The highest BCUT2D eigenvalue weighted by atomic mass is 16.2. The molecule has 2 aliphatic rings. The van der Waals surface area contributed by atoms with Crippen LogP contribution in [-0.2, 0) is 4.79 Å². The molecule has 3 heteroatoms. The number of carbonyl (C=O) groups excluding carboxylic acids is 1. The molecule has 2 rings (SSSR count). The van der Waals surface area contributed by atoms with Crippen molar-refractivity contribution < 1.29 is 4.79 Å². The maximum Gasteiger partial charge on any atom is 0.227 e. The van der Waals surface area contributed by atoms with E-state index in [1.165, 1.54) is 12.8 Å². The van der Waals surface area contributed by atoms with E-state index >= 15 is 0 Å². The fourth-order valence-electron chi connectivity index (χ4n) is 3.08. The highest BCUT2D eigenvalue weighted by Crippen LogP contribution is 2.40. The van der Waals surface area contributed by atoms with E-state index < -0.39 is 0 Å². The Balaban J connectivity index is 2.01. The van der Waals surface area contributed by atoms with Crippen LogP contribution in [0.1, 0.15) is 52.9 Å². The number of hydrogen-bond acceptors (Lipinski definition) is 2. The summed E-state index contributed by atoms with van der Waals surface area (Å²) in [6.45, 7) is 8.35. The van der Waals surface area contributed by atoms with Gasteiger partial charge in [0.1, 0.15) is 0 Å². The van der Waals surface area contributed by atoms with Crippen molar-refractivity contribution in [1.29, 1.82) is 0 Å². The standard InChI is InChI=1S/C14H26N2O/c1-4-7-14(8-9-15-10-14)12(17)16-13(2,3)11-5-6-11/h11,15H,4-10H2,1-3H3,(H,16,17). The van der Waals surface area contributed by atoms with Crippen molar-refractivity contribution in [3.05, 3.63) is 0 Å². The lowest BCUT2D eigenvalue weighted by Crippen LogP contribution is -2.52. The summed E-state index contributed by atoms with van der Waals surface area (Å²) in [5, 5.41) is 6.66. The van der Waals surface area contributed by atoms with Crippen LogP contribution in [0, 0.1) is 11.3 Å². The van der Waals surface area contributed by atoms with Gasteiger partial charge in [-0.05, 0) is 52.0 Å². The highest BCUT2D eigenvalue weighted by Gasteiger charge is 2.45. The van der Waals surface area contributed by atoms with Gasteiger partial charge in [-0.1, -0.05) is 13.3 Å². The Morgan fingerprint density at radius 1 is 1.47 bits per heavy atom. The largest absolute Gasteiger partial charge is 0.350 e. The van der Waals surface area contributed by atoms with E-state index in [4.69, 9.17) is 0 Å². The monoisotopic (exact) mass is 238 g/mol. The highest BCUT2D eigenvalue weighted by molar-refractivity contribution is 5.84. The van der Waals surface area contributed by atoms with E-state index in [1.807, 2.05) is 0 Å². The van der Waals surface area contributed by atoms with Gasteiger partial charge in [-0.3, -0.25) is 4.79 Å². The lowest BCUT2D eigenvalue weighted by atomic mass is 9.80. The van der Waals surface area contributed by atoms with Crippen LogP contribution in [0.2, 0.25) is 0 Å². The molecule has 1 aliphatic carbocycles. The lowest BCUT2D eigenvalue weighted by molar-refractivity contribution is -0.132. The average Bonchev–Trinajstić information content (AvgIpc) is 3.01. The van der Waals surface area contributed by atoms with Gasteiger partial charge in [-0.15, -0.1) is 0 Å². The lowest BCUT2D eigenvalue weighted by Gasteiger charge is -2.33. The minimum atomic E-state index is -0.138. The minimum absolute atomic E-state index is 0.0135. The Kier molecular flexibility index (Phi) is 3.48. The van der Waals surface area contributed by atoms with Gasteiger partial charge < -0.3 is 10.6 Å². The molecule has 98 valence electrons. The summed E-state index contributed by atoms with van der Waals surface area (Å²) in [6.07, 6.45) is 5.62. The first-order valence-electron chi connectivity index (χ1n) is 7.03. The summed E-state index contributed by atoms with van der Waals surface area (Å²) in [5.74, 6) is 0.973. The molecule has 1 unspecified atom stereocenters. The second-order valence-corrected chi connectivity index (χ2v) is 6.41. The van der Waals surface area contributed by atoms with Crippen LogP contribution in [0.25, 0.3) is 0 Å². The molecule has 0 radical (unpaired) electrons. The first kappa shape index (κ1) is 12.9. The Morgan fingerprint density at radius 3 is 2.65 bits per heavy atom. The van der Waals surface area contributed by atoms with E-state index in [9.17, 15) is 4.79 Å². The molecule has 3 nitrogen and oxygen atoms in total. The molecule has 1 saturated carbocycles. The quantitative estimate of drug-likeness (QED) is 0.770. The van der Waals surface area contributed by atoms with Crippen LogP contribution in [0.3, 0.4) is 0 Å². The fourth-order valence-corrected chi connectivity index (χ4v) is 3.08. The zero-order valence-electron chi connectivity index (χ0n) is 11.4. The van der Waals surface area contributed by atoms with Gasteiger partial charge in [-0.25, -0.2) is 0 Å². The Labute approximate surface area is 105 Å². The fraction of sp³-hybridized carbons (Fsp3) is 0.929. The van der Waals surface area contributed by atoms with Crippen molar-refractivity contribution >= 4 is 5.91 Å².